The minimum Gasteiger partial charge on any atom is -0.221 e. The molecule has 0 aromatic rings. The van der Waals surface area contributed by atoms with Crippen LogP contribution in [0.25, 0.3) is 0 Å². The van der Waals surface area contributed by atoms with Crippen molar-refractivity contribution in [2.45, 2.75) is 65.0 Å². The molecule has 77 valence electrons. The summed E-state index contributed by atoms with van der Waals surface area (Å²) in [6.45, 7) is 7.54. The summed E-state index contributed by atoms with van der Waals surface area (Å²) in [6, 6.07) is 1.30. The fourth-order valence-electron chi connectivity index (χ4n) is 2.21. The van der Waals surface area contributed by atoms with Crippen LogP contribution >= 0.6 is 0 Å². The third-order valence-corrected chi connectivity index (χ3v) is 2.78. The Morgan fingerprint density at radius 3 is 2.31 bits per heavy atom. The van der Waals surface area contributed by atoms with E-state index in [1.54, 1.807) is 0 Å². The van der Waals surface area contributed by atoms with Gasteiger partial charge in [0.2, 0.25) is 0 Å². The Labute approximate surface area is 82.7 Å². The minimum atomic E-state index is 0.572. The maximum atomic E-state index is 4.58. The van der Waals surface area contributed by atoms with Gasteiger partial charge in [-0.1, -0.05) is 19.3 Å². The van der Waals surface area contributed by atoms with Crippen LogP contribution in [0.2, 0.25) is 0 Å². The Kier molecular flexibility index (Phi) is 4.74. The molecule has 2 heteroatoms. The number of hydrogen-bond donors (Lipinski definition) is 0. The van der Waals surface area contributed by atoms with E-state index >= 15 is 0 Å². The highest BCUT2D eigenvalue weighted by molar-refractivity contribution is 4.75. The van der Waals surface area contributed by atoms with Crippen molar-refractivity contribution in [3.8, 4) is 0 Å². The SMILES string of the molecule is CC[N]N(C(C)C)C1CCCCC1. The zero-order valence-electron chi connectivity index (χ0n) is 9.29. The Hall–Kier alpha value is -0.0800. The highest BCUT2D eigenvalue weighted by Crippen LogP contribution is 2.22. The van der Waals surface area contributed by atoms with Crippen LogP contribution in [0.3, 0.4) is 0 Å². The molecular formula is C11H23N2. The fourth-order valence-corrected chi connectivity index (χ4v) is 2.21. The van der Waals surface area contributed by atoms with Crippen LogP contribution in [0.15, 0.2) is 0 Å². The van der Waals surface area contributed by atoms with Crippen LogP contribution in [0.4, 0.5) is 0 Å². The summed E-state index contributed by atoms with van der Waals surface area (Å²) >= 11 is 0. The molecule has 0 atom stereocenters. The molecule has 0 spiro atoms. The van der Waals surface area contributed by atoms with Gasteiger partial charge in [-0.2, -0.15) is 5.43 Å². The molecule has 0 heterocycles. The van der Waals surface area contributed by atoms with Gasteiger partial charge in [0.25, 0.3) is 0 Å². The van der Waals surface area contributed by atoms with E-state index in [1.165, 1.54) is 32.1 Å². The lowest BCUT2D eigenvalue weighted by atomic mass is 9.94. The van der Waals surface area contributed by atoms with Crippen molar-refractivity contribution in [2.24, 2.45) is 0 Å². The van der Waals surface area contributed by atoms with Crippen molar-refractivity contribution in [1.82, 2.24) is 10.4 Å². The van der Waals surface area contributed by atoms with Crippen molar-refractivity contribution < 1.29 is 0 Å². The van der Waals surface area contributed by atoms with Crippen LogP contribution in [-0.4, -0.2) is 23.6 Å². The molecule has 0 amide bonds. The second-order valence-electron chi connectivity index (χ2n) is 4.22. The molecule has 2 nitrogen and oxygen atoms in total. The third-order valence-electron chi connectivity index (χ3n) is 2.78. The van der Waals surface area contributed by atoms with Gasteiger partial charge in [0.05, 0.1) is 0 Å². The normalized spacial score (nSPS) is 20.1. The van der Waals surface area contributed by atoms with Crippen LogP contribution in [-0.2, 0) is 0 Å². The third kappa shape index (κ3) is 3.28. The van der Waals surface area contributed by atoms with Crippen LogP contribution in [0.1, 0.15) is 52.9 Å². The predicted molar refractivity (Wildman–Crippen MR) is 56.5 cm³/mol. The van der Waals surface area contributed by atoms with Crippen LogP contribution in [0.5, 0.6) is 0 Å². The van der Waals surface area contributed by atoms with Crippen LogP contribution < -0.4 is 5.43 Å². The summed E-state index contributed by atoms with van der Waals surface area (Å²) < 4.78 is 0. The number of rotatable bonds is 4. The summed E-state index contributed by atoms with van der Waals surface area (Å²) in [5.74, 6) is 0. The molecule has 0 unspecified atom stereocenters. The summed E-state index contributed by atoms with van der Waals surface area (Å²) in [5, 5.41) is 2.33. The molecule has 0 aromatic carbocycles. The molecule has 13 heavy (non-hydrogen) atoms. The van der Waals surface area contributed by atoms with Gasteiger partial charge in [0, 0.05) is 18.6 Å². The molecule has 1 saturated carbocycles. The van der Waals surface area contributed by atoms with Gasteiger partial charge >= 0.3 is 0 Å². The predicted octanol–water partition coefficient (Wildman–Crippen LogP) is 2.57. The molecule has 0 aromatic heterocycles. The second kappa shape index (κ2) is 5.61. The first kappa shape index (κ1) is 11.0. The highest BCUT2D eigenvalue weighted by atomic mass is 15.5. The molecule has 0 N–H and O–H groups in total. The molecule has 1 fully saturated rings. The van der Waals surface area contributed by atoms with E-state index in [1.807, 2.05) is 0 Å². The van der Waals surface area contributed by atoms with Crippen molar-refractivity contribution in [3.05, 3.63) is 0 Å². The van der Waals surface area contributed by atoms with Crippen molar-refractivity contribution in [3.63, 3.8) is 0 Å². The van der Waals surface area contributed by atoms with Gasteiger partial charge in [-0.3, -0.25) is 0 Å². The first-order valence-electron chi connectivity index (χ1n) is 5.71. The van der Waals surface area contributed by atoms with Crippen molar-refractivity contribution in [1.29, 1.82) is 0 Å². The van der Waals surface area contributed by atoms with Crippen molar-refractivity contribution in [2.75, 3.05) is 6.54 Å². The van der Waals surface area contributed by atoms with E-state index in [0.717, 1.165) is 12.6 Å². The van der Waals surface area contributed by atoms with Crippen LogP contribution in [0, 0.1) is 0 Å². The zero-order valence-corrected chi connectivity index (χ0v) is 9.29. The maximum absolute atomic E-state index is 4.58. The Balaban J connectivity index is 2.41. The Morgan fingerprint density at radius 2 is 1.85 bits per heavy atom. The highest BCUT2D eigenvalue weighted by Gasteiger charge is 2.23. The summed E-state index contributed by atoms with van der Waals surface area (Å²) in [5.41, 5.74) is 4.58. The molecule has 1 aliphatic carbocycles. The average molecular weight is 183 g/mol. The average Bonchev–Trinajstić information content (AvgIpc) is 2.15. The Morgan fingerprint density at radius 1 is 1.23 bits per heavy atom. The van der Waals surface area contributed by atoms with Gasteiger partial charge < -0.3 is 0 Å². The van der Waals surface area contributed by atoms with Gasteiger partial charge in [-0.25, -0.2) is 5.01 Å². The van der Waals surface area contributed by atoms with Gasteiger partial charge in [-0.15, -0.1) is 0 Å². The molecule has 0 bridgehead atoms. The zero-order chi connectivity index (χ0) is 9.68. The van der Waals surface area contributed by atoms with E-state index in [9.17, 15) is 0 Å². The Bertz CT molecular complexity index is 128. The van der Waals surface area contributed by atoms with E-state index in [4.69, 9.17) is 0 Å². The number of hydrogen-bond acceptors (Lipinski definition) is 1. The number of nitrogens with zero attached hydrogens (tertiary/aromatic N) is 2. The molecule has 0 saturated heterocycles. The fraction of sp³-hybridized carbons (Fsp3) is 1.00. The topological polar surface area (TPSA) is 17.3 Å². The van der Waals surface area contributed by atoms with Gasteiger partial charge in [0.1, 0.15) is 0 Å². The maximum Gasteiger partial charge on any atom is 0.0278 e. The molecule has 1 rings (SSSR count). The lowest BCUT2D eigenvalue weighted by Gasteiger charge is -2.35. The smallest absolute Gasteiger partial charge is 0.0278 e. The first-order valence-corrected chi connectivity index (χ1v) is 5.71. The van der Waals surface area contributed by atoms with E-state index < -0.39 is 0 Å². The van der Waals surface area contributed by atoms with E-state index in [0.29, 0.717) is 6.04 Å². The summed E-state index contributed by atoms with van der Waals surface area (Å²) in [4.78, 5) is 0. The van der Waals surface area contributed by atoms with Gasteiger partial charge in [0.15, 0.2) is 0 Å². The van der Waals surface area contributed by atoms with E-state index in [-0.39, 0.29) is 0 Å². The summed E-state index contributed by atoms with van der Waals surface area (Å²) in [6.07, 6.45) is 6.91. The second-order valence-corrected chi connectivity index (χ2v) is 4.22. The first-order chi connectivity index (χ1) is 6.25. The lowest BCUT2D eigenvalue weighted by Crippen LogP contribution is -2.46. The monoisotopic (exact) mass is 183 g/mol. The minimum absolute atomic E-state index is 0.572. The largest absolute Gasteiger partial charge is 0.221 e. The summed E-state index contributed by atoms with van der Waals surface area (Å²) in [7, 11) is 0. The molecule has 0 aliphatic heterocycles. The molecular weight excluding hydrogens is 160 g/mol. The van der Waals surface area contributed by atoms with E-state index in [2.05, 4.69) is 31.2 Å². The standard InChI is InChI=1S/C11H23N2/c1-4-12-13(10(2)3)11-8-6-5-7-9-11/h10-11H,4-9H2,1-3H3. The van der Waals surface area contributed by atoms with Crippen molar-refractivity contribution >= 4 is 0 Å². The lowest BCUT2D eigenvalue weighted by molar-refractivity contribution is 0.0588. The molecule has 1 aliphatic rings. The van der Waals surface area contributed by atoms with Gasteiger partial charge in [-0.05, 0) is 33.6 Å². The molecule has 1 radical (unpaired) electrons. The quantitative estimate of drug-likeness (QED) is 0.612.